The first kappa shape index (κ1) is 13.3. The standard InChI is InChI=1S/C13H13FN2O3/c1-18-11-3-2-10(14)4-9(11)5-16-12(17)13(6-15)7-19-8-13/h2-4H,5,7-8H2,1H3,(H,16,17). The van der Waals surface area contributed by atoms with Gasteiger partial charge < -0.3 is 14.8 Å². The summed E-state index contributed by atoms with van der Waals surface area (Å²) in [6.45, 7) is 0.286. The average molecular weight is 264 g/mol. The normalized spacial score (nSPS) is 16.1. The number of amides is 1. The Hall–Kier alpha value is -2.13. The summed E-state index contributed by atoms with van der Waals surface area (Å²) in [5.74, 6) is -0.336. The number of carbonyl (C=O) groups excluding carboxylic acids is 1. The lowest BCUT2D eigenvalue weighted by atomic mass is 9.87. The third-order valence-corrected chi connectivity index (χ3v) is 3.03. The van der Waals surface area contributed by atoms with Gasteiger partial charge in [-0.1, -0.05) is 0 Å². The molecule has 0 atom stereocenters. The molecule has 0 unspecified atom stereocenters. The zero-order chi connectivity index (χ0) is 13.9. The van der Waals surface area contributed by atoms with Crippen molar-refractivity contribution in [3.05, 3.63) is 29.6 Å². The molecule has 1 aliphatic heterocycles. The minimum absolute atomic E-state index is 0.0929. The van der Waals surface area contributed by atoms with Crippen molar-refractivity contribution in [2.45, 2.75) is 6.54 Å². The highest BCUT2D eigenvalue weighted by atomic mass is 19.1. The van der Waals surface area contributed by atoms with E-state index in [0.717, 1.165) is 0 Å². The molecule has 0 radical (unpaired) electrons. The van der Waals surface area contributed by atoms with Gasteiger partial charge in [-0.3, -0.25) is 4.79 Å². The van der Waals surface area contributed by atoms with E-state index >= 15 is 0 Å². The molecule has 0 saturated carbocycles. The third kappa shape index (κ3) is 2.51. The highest BCUT2D eigenvalue weighted by molar-refractivity contribution is 5.86. The van der Waals surface area contributed by atoms with Crippen LogP contribution in [0.3, 0.4) is 0 Å². The van der Waals surface area contributed by atoms with Gasteiger partial charge in [0.25, 0.3) is 0 Å². The van der Waals surface area contributed by atoms with E-state index in [2.05, 4.69) is 5.32 Å². The summed E-state index contributed by atoms with van der Waals surface area (Å²) in [6.07, 6.45) is 0. The summed E-state index contributed by atoms with van der Waals surface area (Å²) in [5.41, 5.74) is -0.593. The van der Waals surface area contributed by atoms with Gasteiger partial charge in [0.05, 0.1) is 26.4 Å². The van der Waals surface area contributed by atoms with E-state index in [1.165, 1.54) is 25.3 Å². The topological polar surface area (TPSA) is 71.3 Å². The second-order valence-corrected chi connectivity index (χ2v) is 4.33. The van der Waals surface area contributed by atoms with Crippen molar-refractivity contribution < 1.29 is 18.7 Å². The summed E-state index contributed by atoms with van der Waals surface area (Å²) >= 11 is 0. The predicted octanol–water partition coefficient (Wildman–Crippen LogP) is 0.991. The van der Waals surface area contributed by atoms with Crippen LogP contribution in [0.4, 0.5) is 4.39 Å². The zero-order valence-electron chi connectivity index (χ0n) is 10.4. The van der Waals surface area contributed by atoms with Crippen LogP contribution in [0.1, 0.15) is 5.56 Å². The number of benzene rings is 1. The molecule has 0 spiro atoms. The van der Waals surface area contributed by atoms with Crippen molar-refractivity contribution in [2.24, 2.45) is 5.41 Å². The molecule has 19 heavy (non-hydrogen) atoms. The lowest BCUT2D eigenvalue weighted by molar-refractivity contribution is -0.150. The number of halogens is 1. The number of methoxy groups -OCH3 is 1. The number of hydrogen-bond acceptors (Lipinski definition) is 4. The van der Waals surface area contributed by atoms with Crippen molar-refractivity contribution >= 4 is 5.91 Å². The molecule has 1 saturated heterocycles. The molecule has 0 bridgehead atoms. The fraction of sp³-hybridized carbons (Fsp3) is 0.385. The van der Waals surface area contributed by atoms with Crippen LogP contribution in [-0.2, 0) is 16.1 Å². The summed E-state index contributed by atoms with van der Waals surface area (Å²) < 4.78 is 23.1. The van der Waals surface area contributed by atoms with Gasteiger partial charge >= 0.3 is 0 Å². The highest BCUT2D eigenvalue weighted by Crippen LogP contribution is 2.27. The SMILES string of the molecule is COc1ccc(F)cc1CNC(=O)C1(C#N)COC1. The number of nitriles is 1. The van der Waals surface area contributed by atoms with Crippen LogP contribution in [0.2, 0.25) is 0 Å². The van der Waals surface area contributed by atoms with E-state index in [9.17, 15) is 9.18 Å². The van der Waals surface area contributed by atoms with Crippen LogP contribution >= 0.6 is 0 Å². The average Bonchev–Trinajstić information content (AvgIpc) is 2.36. The van der Waals surface area contributed by atoms with Gasteiger partial charge in [0, 0.05) is 12.1 Å². The lowest BCUT2D eigenvalue weighted by Crippen LogP contribution is -2.52. The van der Waals surface area contributed by atoms with Gasteiger partial charge in [-0.2, -0.15) is 5.26 Å². The van der Waals surface area contributed by atoms with Crippen molar-refractivity contribution in [2.75, 3.05) is 20.3 Å². The Morgan fingerprint density at radius 2 is 2.37 bits per heavy atom. The minimum atomic E-state index is -1.11. The maximum Gasteiger partial charge on any atom is 0.245 e. The van der Waals surface area contributed by atoms with Gasteiger partial charge in [-0.15, -0.1) is 0 Å². The van der Waals surface area contributed by atoms with Crippen LogP contribution in [0, 0.1) is 22.6 Å². The van der Waals surface area contributed by atoms with Gasteiger partial charge in [0.15, 0.2) is 5.41 Å². The second-order valence-electron chi connectivity index (χ2n) is 4.33. The van der Waals surface area contributed by atoms with Gasteiger partial charge in [0.2, 0.25) is 5.91 Å². The zero-order valence-corrected chi connectivity index (χ0v) is 10.4. The molecule has 100 valence electrons. The Labute approximate surface area is 109 Å². The van der Waals surface area contributed by atoms with Crippen LogP contribution in [-0.4, -0.2) is 26.2 Å². The van der Waals surface area contributed by atoms with Gasteiger partial charge in [-0.25, -0.2) is 4.39 Å². The van der Waals surface area contributed by atoms with E-state index in [1.54, 1.807) is 0 Å². The molecule has 2 rings (SSSR count). The molecule has 1 aromatic rings. The molecule has 1 N–H and O–H groups in total. The quantitative estimate of drug-likeness (QED) is 0.880. The number of ether oxygens (including phenoxy) is 2. The van der Waals surface area contributed by atoms with Crippen LogP contribution < -0.4 is 10.1 Å². The van der Waals surface area contributed by atoms with Gasteiger partial charge in [0.1, 0.15) is 11.6 Å². The maximum absolute atomic E-state index is 13.1. The summed E-state index contributed by atoms with van der Waals surface area (Å²) in [4.78, 5) is 11.9. The first-order valence-corrected chi connectivity index (χ1v) is 5.71. The molecule has 1 heterocycles. The lowest BCUT2D eigenvalue weighted by Gasteiger charge is -2.33. The summed E-state index contributed by atoms with van der Waals surface area (Å²) in [7, 11) is 1.47. The Balaban J connectivity index is 2.05. The number of nitrogens with one attached hydrogen (secondary N) is 1. The Morgan fingerprint density at radius 3 is 2.89 bits per heavy atom. The van der Waals surface area contributed by atoms with E-state index in [1.807, 2.05) is 6.07 Å². The van der Waals surface area contributed by atoms with E-state index in [4.69, 9.17) is 14.7 Å². The maximum atomic E-state index is 13.1. The third-order valence-electron chi connectivity index (χ3n) is 3.03. The van der Waals surface area contributed by atoms with Crippen molar-refractivity contribution in [1.82, 2.24) is 5.32 Å². The largest absolute Gasteiger partial charge is 0.496 e. The molecule has 0 aliphatic carbocycles. The monoisotopic (exact) mass is 264 g/mol. The number of rotatable bonds is 4. The summed E-state index contributed by atoms with van der Waals surface area (Å²) in [6, 6.07) is 6.00. The molecule has 1 fully saturated rings. The predicted molar refractivity (Wildman–Crippen MR) is 63.7 cm³/mol. The first-order chi connectivity index (χ1) is 9.11. The Kier molecular flexibility index (Phi) is 3.67. The van der Waals surface area contributed by atoms with Crippen LogP contribution in [0.5, 0.6) is 5.75 Å². The minimum Gasteiger partial charge on any atom is -0.496 e. The van der Waals surface area contributed by atoms with Crippen LogP contribution in [0.25, 0.3) is 0 Å². The Bertz CT molecular complexity index is 535. The van der Waals surface area contributed by atoms with E-state index in [-0.39, 0.29) is 19.8 Å². The summed E-state index contributed by atoms with van der Waals surface area (Å²) in [5, 5.41) is 11.6. The van der Waals surface area contributed by atoms with E-state index < -0.39 is 17.1 Å². The van der Waals surface area contributed by atoms with E-state index in [0.29, 0.717) is 11.3 Å². The van der Waals surface area contributed by atoms with Crippen LogP contribution in [0.15, 0.2) is 18.2 Å². The molecule has 0 aromatic heterocycles. The van der Waals surface area contributed by atoms with Crippen molar-refractivity contribution in [3.63, 3.8) is 0 Å². The molecule has 1 aromatic carbocycles. The second kappa shape index (κ2) is 5.24. The Morgan fingerprint density at radius 1 is 1.63 bits per heavy atom. The molecular weight excluding hydrogens is 251 g/mol. The first-order valence-electron chi connectivity index (χ1n) is 5.71. The number of nitrogens with zero attached hydrogens (tertiary/aromatic N) is 1. The molecule has 6 heteroatoms. The number of carbonyl (C=O) groups is 1. The molecule has 1 aliphatic rings. The highest BCUT2D eigenvalue weighted by Gasteiger charge is 2.46. The molecule has 1 amide bonds. The van der Waals surface area contributed by atoms with Crippen molar-refractivity contribution in [1.29, 1.82) is 5.26 Å². The smallest absolute Gasteiger partial charge is 0.245 e. The van der Waals surface area contributed by atoms with Crippen molar-refractivity contribution in [3.8, 4) is 11.8 Å². The number of hydrogen-bond donors (Lipinski definition) is 1. The fourth-order valence-electron chi connectivity index (χ4n) is 1.78. The fourth-order valence-corrected chi connectivity index (χ4v) is 1.78. The molecule has 5 nitrogen and oxygen atoms in total. The molecular formula is C13H13FN2O3. The van der Waals surface area contributed by atoms with Gasteiger partial charge in [-0.05, 0) is 18.2 Å².